The van der Waals surface area contributed by atoms with Crippen molar-refractivity contribution in [1.29, 1.82) is 0 Å². The molecule has 0 fully saturated rings. The van der Waals surface area contributed by atoms with Crippen molar-refractivity contribution in [3.8, 4) is 0 Å². The Morgan fingerprint density at radius 2 is 0.926 bits per heavy atom. The maximum Gasteiger partial charge on any atom is 0.240 e. The molecule has 0 saturated heterocycles. The summed E-state index contributed by atoms with van der Waals surface area (Å²) in [6.07, 6.45) is 7.41. The molecular weight excluding hydrogens is 336 g/mol. The average molecular weight is 362 g/mol. The van der Waals surface area contributed by atoms with Gasteiger partial charge in [-0.25, -0.2) is 9.59 Å². The Bertz CT molecular complexity index is 792. The van der Waals surface area contributed by atoms with Gasteiger partial charge in [-0.2, -0.15) is 9.98 Å². The van der Waals surface area contributed by atoms with Crippen molar-refractivity contribution in [3.05, 3.63) is 57.6 Å². The molecule has 0 aliphatic heterocycles. The van der Waals surface area contributed by atoms with Gasteiger partial charge in [0.2, 0.25) is 12.2 Å². The minimum absolute atomic E-state index is 0.762. The molecule has 0 heterocycles. The number of carbonyl (C=O) groups excluding carboxylic acids is 2. The summed E-state index contributed by atoms with van der Waals surface area (Å²) in [5, 5.41) is 0. The molecule has 0 spiro atoms. The highest BCUT2D eigenvalue weighted by Crippen LogP contribution is 2.31. The van der Waals surface area contributed by atoms with E-state index in [0.29, 0.717) is 0 Å². The number of hydrogen-bond acceptors (Lipinski definition) is 4. The molecule has 0 atom stereocenters. The van der Waals surface area contributed by atoms with Gasteiger partial charge in [0.1, 0.15) is 0 Å². The predicted molar refractivity (Wildman–Crippen MR) is 109 cm³/mol. The summed E-state index contributed by atoms with van der Waals surface area (Å²) in [6, 6.07) is 8.52. The second-order valence-corrected chi connectivity index (χ2v) is 6.52. The van der Waals surface area contributed by atoms with E-state index < -0.39 is 0 Å². The molecule has 2 aromatic rings. The fourth-order valence-electron chi connectivity index (χ4n) is 3.56. The van der Waals surface area contributed by atoms with Crippen LogP contribution in [-0.4, -0.2) is 12.2 Å². The lowest BCUT2D eigenvalue weighted by Crippen LogP contribution is -1.98. The van der Waals surface area contributed by atoms with Crippen LogP contribution in [0, 0.1) is 0 Å². The van der Waals surface area contributed by atoms with E-state index in [-0.39, 0.29) is 0 Å². The van der Waals surface area contributed by atoms with Gasteiger partial charge in [-0.1, -0.05) is 52.0 Å². The van der Waals surface area contributed by atoms with Crippen molar-refractivity contribution in [1.82, 2.24) is 0 Å². The first kappa shape index (κ1) is 20.5. The van der Waals surface area contributed by atoms with Crippen molar-refractivity contribution < 1.29 is 9.59 Å². The molecule has 2 aromatic carbocycles. The van der Waals surface area contributed by atoms with Crippen LogP contribution in [0.1, 0.15) is 61.1 Å². The van der Waals surface area contributed by atoms with Gasteiger partial charge in [-0.15, -0.1) is 0 Å². The van der Waals surface area contributed by atoms with E-state index >= 15 is 0 Å². The van der Waals surface area contributed by atoms with Crippen LogP contribution in [0.5, 0.6) is 0 Å². The molecule has 140 valence electrons. The van der Waals surface area contributed by atoms with Gasteiger partial charge in [0.25, 0.3) is 0 Å². The van der Waals surface area contributed by atoms with Crippen molar-refractivity contribution in [2.75, 3.05) is 0 Å². The number of rotatable bonds is 8. The molecule has 4 nitrogen and oxygen atoms in total. The van der Waals surface area contributed by atoms with E-state index in [4.69, 9.17) is 0 Å². The van der Waals surface area contributed by atoms with E-state index in [1.165, 1.54) is 11.1 Å². The topological polar surface area (TPSA) is 58.9 Å². The van der Waals surface area contributed by atoms with Crippen LogP contribution in [0.15, 0.2) is 34.3 Å². The standard InChI is InChI=1S/C23H26N2O2/c1-5-18-10-16(11-19(6-2)22(18)24-14-26)9-17-12-20(7-3)23(25-15-27)21(8-4)13-17/h10-13H,5-9H2,1-4H3. The summed E-state index contributed by atoms with van der Waals surface area (Å²) in [7, 11) is 0. The number of aryl methyl sites for hydroxylation is 4. The van der Waals surface area contributed by atoms with Crippen molar-refractivity contribution in [2.45, 2.75) is 59.8 Å². The van der Waals surface area contributed by atoms with E-state index in [9.17, 15) is 9.59 Å². The third kappa shape index (κ3) is 4.68. The van der Waals surface area contributed by atoms with Gasteiger partial charge in [0.15, 0.2) is 0 Å². The van der Waals surface area contributed by atoms with Crippen LogP contribution >= 0.6 is 0 Å². The second kappa shape index (κ2) is 9.78. The van der Waals surface area contributed by atoms with Gasteiger partial charge in [0.05, 0.1) is 11.4 Å². The van der Waals surface area contributed by atoms with Crippen molar-refractivity contribution in [2.24, 2.45) is 9.98 Å². The van der Waals surface area contributed by atoms with Crippen LogP contribution in [0.25, 0.3) is 0 Å². The quantitative estimate of drug-likeness (QED) is 0.462. The Labute approximate surface area is 161 Å². The minimum atomic E-state index is 0.762. The Morgan fingerprint density at radius 1 is 0.630 bits per heavy atom. The number of nitrogens with zero attached hydrogens (tertiary/aromatic N) is 2. The maximum atomic E-state index is 10.8. The number of aliphatic imine (C=N–C) groups is 2. The van der Waals surface area contributed by atoms with Crippen LogP contribution in [0.2, 0.25) is 0 Å². The zero-order chi connectivity index (χ0) is 19.8. The van der Waals surface area contributed by atoms with Gasteiger partial charge >= 0.3 is 0 Å². The van der Waals surface area contributed by atoms with Crippen LogP contribution in [0.3, 0.4) is 0 Å². The highest BCUT2D eigenvalue weighted by molar-refractivity contribution is 5.62. The Balaban J connectivity index is 2.53. The summed E-state index contributed by atoms with van der Waals surface area (Å²) < 4.78 is 0. The van der Waals surface area contributed by atoms with E-state index in [1.807, 2.05) is 0 Å². The minimum Gasteiger partial charge on any atom is -0.211 e. The molecule has 4 heteroatoms. The smallest absolute Gasteiger partial charge is 0.211 e. The Morgan fingerprint density at radius 3 is 1.15 bits per heavy atom. The fourth-order valence-corrected chi connectivity index (χ4v) is 3.56. The molecule has 0 unspecified atom stereocenters. The summed E-state index contributed by atoms with van der Waals surface area (Å²) in [6.45, 7) is 8.27. The zero-order valence-corrected chi connectivity index (χ0v) is 16.6. The third-order valence-corrected chi connectivity index (χ3v) is 4.90. The molecule has 27 heavy (non-hydrogen) atoms. The van der Waals surface area contributed by atoms with E-state index in [0.717, 1.165) is 65.7 Å². The van der Waals surface area contributed by atoms with Crippen LogP contribution in [0.4, 0.5) is 11.4 Å². The van der Waals surface area contributed by atoms with Gasteiger partial charge in [0, 0.05) is 0 Å². The highest BCUT2D eigenvalue weighted by Gasteiger charge is 2.12. The highest BCUT2D eigenvalue weighted by atomic mass is 16.1. The first-order valence-corrected chi connectivity index (χ1v) is 9.56. The number of isocyanates is 2. The van der Waals surface area contributed by atoms with Gasteiger partial charge in [-0.3, -0.25) is 0 Å². The monoisotopic (exact) mass is 362 g/mol. The van der Waals surface area contributed by atoms with Crippen LogP contribution in [-0.2, 0) is 41.7 Å². The average Bonchev–Trinajstić information content (AvgIpc) is 2.69. The predicted octanol–water partition coefficient (Wildman–Crippen LogP) is 5.46. The summed E-state index contributed by atoms with van der Waals surface area (Å²) in [4.78, 5) is 29.4. The van der Waals surface area contributed by atoms with E-state index in [2.05, 4.69) is 61.9 Å². The Hall–Kier alpha value is -2.80. The molecule has 0 amide bonds. The normalized spacial score (nSPS) is 10.2. The summed E-state index contributed by atoms with van der Waals surface area (Å²) in [5.41, 5.74) is 8.20. The van der Waals surface area contributed by atoms with Crippen molar-refractivity contribution >= 4 is 23.5 Å². The fraction of sp³-hybridized carbons (Fsp3) is 0.391. The molecular formula is C23H26N2O2. The van der Waals surface area contributed by atoms with E-state index in [1.54, 1.807) is 12.2 Å². The summed E-state index contributed by atoms with van der Waals surface area (Å²) >= 11 is 0. The van der Waals surface area contributed by atoms with Gasteiger partial charge < -0.3 is 0 Å². The molecule has 2 rings (SSSR count). The van der Waals surface area contributed by atoms with Gasteiger partial charge in [-0.05, 0) is 65.5 Å². The largest absolute Gasteiger partial charge is 0.240 e. The molecule has 0 aliphatic carbocycles. The Kier molecular flexibility index (Phi) is 7.43. The number of benzene rings is 2. The lowest BCUT2D eigenvalue weighted by molar-refractivity contribution is 0.564. The summed E-state index contributed by atoms with van der Waals surface area (Å²) in [5.74, 6) is 0. The lowest BCUT2D eigenvalue weighted by Gasteiger charge is -2.14. The zero-order valence-electron chi connectivity index (χ0n) is 16.6. The molecule has 0 N–H and O–H groups in total. The molecule has 0 radical (unpaired) electrons. The molecule has 0 aliphatic rings. The molecule has 0 bridgehead atoms. The lowest BCUT2D eigenvalue weighted by atomic mass is 9.93. The maximum absolute atomic E-state index is 10.8. The SMILES string of the molecule is CCc1cc(Cc2cc(CC)c(N=C=O)c(CC)c2)cc(CC)c1N=C=O. The first-order chi connectivity index (χ1) is 13.1. The van der Waals surface area contributed by atoms with Crippen molar-refractivity contribution in [3.63, 3.8) is 0 Å². The van der Waals surface area contributed by atoms with Crippen LogP contribution < -0.4 is 0 Å². The molecule has 0 saturated carbocycles. The molecule has 0 aromatic heterocycles. The third-order valence-electron chi connectivity index (χ3n) is 4.90. The number of hydrogen-bond donors (Lipinski definition) is 0. The second-order valence-electron chi connectivity index (χ2n) is 6.52. The first-order valence-electron chi connectivity index (χ1n) is 9.56.